The summed E-state index contributed by atoms with van der Waals surface area (Å²) < 4.78 is 55.3. The van der Waals surface area contributed by atoms with Gasteiger partial charge in [0.05, 0.1) is 23.7 Å². The lowest BCUT2D eigenvalue weighted by Gasteiger charge is -2.33. The van der Waals surface area contributed by atoms with Crippen molar-refractivity contribution in [1.29, 1.82) is 0 Å². The first-order chi connectivity index (χ1) is 15.5. The number of halogens is 1. The maximum atomic E-state index is 14.6. The molecule has 3 atom stereocenters. The smallest absolute Gasteiger partial charge is 0.410 e. The Balaban J connectivity index is 1.44. The highest BCUT2D eigenvalue weighted by atomic mass is 32.2. The summed E-state index contributed by atoms with van der Waals surface area (Å²) in [6.45, 7) is 6.17. The van der Waals surface area contributed by atoms with Crippen molar-refractivity contribution < 1.29 is 36.7 Å². The molecule has 1 aromatic heterocycles. The Kier molecular flexibility index (Phi) is 8.33. The molecule has 1 N–H and O–H groups in total. The van der Waals surface area contributed by atoms with Crippen LogP contribution in [0.15, 0.2) is 4.52 Å². The molecule has 10 nitrogen and oxygen atoms in total. The third-order valence-corrected chi connectivity index (χ3v) is 8.14. The molecule has 1 amide bonds. The molecule has 1 saturated heterocycles. The van der Waals surface area contributed by atoms with Gasteiger partial charge in [0.1, 0.15) is 18.4 Å². The lowest BCUT2D eigenvalue weighted by atomic mass is 9.87. The van der Waals surface area contributed by atoms with E-state index < -0.39 is 39.2 Å². The van der Waals surface area contributed by atoms with Crippen molar-refractivity contribution in [2.75, 3.05) is 25.4 Å². The van der Waals surface area contributed by atoms with Gasteiger partial charge in [-0.05, 0) is 52.9 Å². The molecule has 12 heteroatoms. The molecule has 2 aliphatic rings. The number of sulfone groups is 1. The second-order valence-corrected chi connectivity index (χ2v) is 12.0. The first kappa shape index (κ1) is 25.8. The zero-order valence-corrected chi connectivity index (χ0v) is 20.2. The molecule has 2 fully saturated rings. The number of hydrogen-bond acceptors (Lipinski definition) is 9. The monoisotopic (exact) mass is 491 g/mol. The minimum atomic E-state index is -3.66. The second kappa shape index (κ2) is 10.6. The van der Waals surface area contributed by atoms with E-state index >= 15 is 0 Å². The third-order valence-electron chi connectivity index (χ3n) is 5.93. The van der Waals surface area contributed by atoms with Gasteiger partial charge >= 0.3 is 6.09 Å². The van der Waals surface area contributed by atoms with Gasteiger partial charge in [-0.2, -0.15) is 4.98 Å². The Morgan fingerprint density at radius 3 is 2.55 bits per heavy atom. The molecular formula is C21H34FN3O7S. The van der Waals surface area contributed by atoms with E-state index in [9.17, 15) is 17.6 Å². The number of nitrogens with zero attached hydrogens (tertiary/aromatic N) is 3. The summed E-state index contributed by atoms with van der Waals surface area (Å²) in [7, 11) is -3.66. The topological polar surface area (TPSA) is 132 Å². The normalized spacial score (nSPS) is 25.2. The highest BCUT2D eigenvalue weighted by Gasteiger charge is 2.40. The molecule has 1 aliphatic heterocycles. The van der Waals surface area contributed by atoms with Gasteiger partial charge < -0.3 is 24.0 Å². The number of carbonyl (C=O) groups is 1. The summed E-state index contributed by atoms with van der Waals surface area (Å²) in [6, 6.07) is 0. The predicted molar refractivity (Wildman–Crippen MR) is 116 cm³/mol. The summed E-state index contributed by atoms with van der Waals surface area (Å²) >= 11 is 0. The van der Waals surface area contributed by atoms with Crippen molar-refractivity contribution in [2.24, 2.45) is 0 Å². The summed E-state index contributed by atoms with van der Waals surface area (Å²) in [4.78, 5) is 18.1. The molecule has 0 aromatic carbocycles. The van der Waals surface area contributed by atoms with Crippen LogP contribution in [0.2, 0.25) is 0 Å². The number of ether oxygens (including phenoxy) is 2. The number of likely N-dealkylation sites (tertiary alicyclic amines) is 1. The van der Waals surface area contributed by atoms with Crippen LogP contribution in [-0.4, -0.2) is 83.2 Å². The highest BCUT2D eigenvalue weighted by Crippen LogP contribution is 2.36. The largest absolute Gasteiger partial charge is 0.444 e. The summed E-state index contributed by atoms with van der Waals surface area (Å²) in [5.41, 5.74) is -0.533. The molecule has 0 bridgehead atoms. The van der Waals surface area contributed by atoms with Crippen molar-refractivity contribution >= 4 is 15.9 Å². The molecule has 0 spiro atoms. The van der Waals surface area contributed by atoms with Crippen molar-refractivity contribution in [2.45, 2.75) is 88.5 Å². The van der Waals surface area contributed by atoms with Crippen molar-refractivity contribution in [1.82, 2.24) is 15.0 Å². The molecule has 1 aliphatic carbocycles. The molecule has 3 unspecified atom stereocenters. The zero-order chi connectivity index (χ0) is 24.2. The van der Waals surface area contributed by atoms with Crippen LogP contribution in [-0.2, 0) is 25.9 Å². The Bertz CT molecular complexity index is 894. The number of alkyl halides is 1. The van der Waals surface area contributed by atoms with Gasteiger partial charge in [0.2, 0.25) is 0 Å². The van der Waals surface area contributed by atoms with E-state index in [1.165, 1.54) is 0 Å². The van der Waals surface area contributed by atoms with E-state index in [-0.39, 0.29) is 43.5 Å². The highest BCUT2D eigenvalue weighted by molar-refractivity contribution is 7.92. The fraction of sp³-hybridized carbons (Fsp3) is 0.857. The van der Waals surface area contributed by atoms with Gasteiger partial charge in [-0.3, -0.25) is 0 Å². The van der Waals surface area contributed by atoms with E-state index in [1.54, 1.807) is 4.90 Å². The van der Waals surface area contributed by atoms with E-state index in [2.05, 4.69) is 10.1 Å². The number of aromatic nitrogens is 2. The molecule has 1 saturated carbocycles. The fourth-order valence-electron chi connectivity index (χ4n) is 4.22. The van der Waals surface area contributed by atoms with E-state index in [0.29, 0.717) is 38.2 Å². The standard InChI is InChI=1S/C21H34FN3O7S/c1-21(2,3)31-20(27)25-8-6-15(7-9-25)30-13-18-23-19(24-32-18)14-4-5-17(16(22)12-14)33(28,29)11-10-26/h14-17,26H,4-13H2,1-3H3. The van der Waals surface area contributed by atoms with Gasteiger partial charge in [-0.1, -0.05) is 5.16 Å². The van der Waals surface area contributed by atoms with Gasteiger partial charge in [0.15, 0.2) is 15.7 Å². The second-order valence-electron chi connectivity index (χ2n) is 9.68. The summed E-state index contributed by atoms with van der Waals surface area (Å²) in [5.74, 6) is -0.113. The SMILES string of the molecule is CC(C)(C)OC(=O)N1CCC(OCc2nc(C3CCC(S(=O)(=O)CCO)C(F)C3)no2)CC1. The summed E-state index contributed by atoms with van der Waals surface area (Å²) in [6.07, 6.45) is -0.00358. The number of aliphatic hydroxyl groups is 1. The Morgan fingerprint density at radius 2 is 1.94 bits per heavy atom. The molecule has 3 rings (SSSR count). The van der Waals surface area contributed by atoms with E-state index in [4.69, 9.17) is 19.1 Å². The van der Waals surface area contributed by atoms with Gasteiger partial charge in [-0.15, -0.1) is 0 Å². The number of aliphatic hydroxyl groups excluding tert-OH is 1. The van der Waals surface area contributed by atoms with E-state index in [1.807, 2.05) is 20.8 Å². The molecule has 0 radical (unpaired) electrons. The Hall–Kier alpha value is -1.79. The lowest BCUT2D eigenvalue weighted by Crippen LogP contribution is -2.43. The van der Waals surface area contributed by atoms with Crippen LogP contribution in [0.4, 0.5) is 9.18 Å². The average molecular weight is 492 g/mol. The first-order valence-electron chi connectivity index (χ1n) is 11.4. The van der Waals surface area contributed by atoms with Crippen LogP contribution in [0.25, 0.3) is 0 Å². The van der Waals surface area contributed by atoms with Gasteiger partial charge in [-0.25, -0.2) is 17.6 Å². The minimum absolute atomic E-state index is 0.00171. The quantitative estimate of drug-likeness (QED) is 0.610. The van der Waals surface area contributed by atoms with Crippen LogP contribution in [0, 0.1) is 0 Å². The minimum Gasteiger partial charge on any atom is -0.444 e. The molecule has 2 heterocycles. The molecule has 1 aromatic rings. The lowest BCUT2D eigenvalue weighted by molar-refractivity contribution is -0.0231. The van der Waals surface area contributed by atoms with Crippen LogP contribution < -0.4 is 0 Å². The maximum Gasteiger partial charge on any atom is 0.410 e. The van der Waals surface area contributed by atoms with Crippen LogP contribution in [0.1, 0.15) is 70.5 Å². The van der Waals surface area contributed by atoms with Crippen LogP contribution >= 0.6 is 0 Å². The first-order valence-corrected chi connectivity index (χ1v) is 13.1. The summed E-state index contributed by atoms with van der Waals surface area (Å²) in [5, 5.41) is 11.7. The Labute approximate surface area is 193 Å². The fourth-order valence-corrected chi connectivity index (χ4v) is 5.83. The average Bonchev–Trinajstić information content (AvgIpc) is 3.20. The van der Waals surface area contributed by atoms with Gasteiger partial charge in [0.25, 0.3) is 5.89 Å². The molecule has 188 valence electrons. The van der Waals surface area contributed by atoms with Crippen molar-refractivity contribution in [3.8, 4) is 0 Å². The molecular weight excluding hydrogens is 457 g/mol. The zero-order valence-electron chi connectivity index (χ0n) is 19.4. The molecule has 33 heavy (non-hydrogen) atoms. The third kappa shape index (κ3) is 7.10. The number of amides is 1. The number of hydrogen-bond donors (Lipinski definition) is 1. The predicted octanol–water partition coefficient (Wildman–Crippen LogP) is 2.37. The maximum absolute atomic E-state index is 14.6. The van der Waals surface area contributed by atoms with E-state index in [0.717, 1.165) is 0 Å². The van der Waals surface area contributed by atoms with Crippen molar-refractivity contribution in [3.63, 3.8) is 0 Å². The van der Waals surface area contributed by atoms with Crippen LogP contribution in [0.3, 0.4) is 0 Å². The Morgan fingerprint density at radius 1 is 1.24 bits per heavy atom. The van der Waals surface area contributed by atoms with Gasteiger partial charge in [0, 0.05) is 19.0 Å². The van der Waals surface area contributed by atoms with Crippen LogP contribution in [0.5, 0.6) is 0 Å². The number of rotatable bonds is 7. The number of carbonyl (C=O) groups excluding carboxylic acids is 1. The number of piperidine rings is 1. The van der Waals surface area contributed by atoms with Crippen molar-refractivity contribution in [3.05, 3.63) is 11.7 Å².